The smallest absolute Gasteiger partial charge is 0.295 e. The molecule has 37 heavy (non-hydrogen) atoms. The average molecular weight is 497 g/mol. The van der Waals surface area contributed by atoms with Crippen molar-refractivity contribution >= 4 is 28.4 Å². The molecule has 0 radical (unpaired) electrons. The third kappa shape index (κ3) is 4.44. The van der Waals surface area contributed by atoms with Gasteiger partial charge in [0.15, 0.2) is 0 Å². The molecule has 7 nitrogen and oxygen atoms in total. The van der Waals surface area contributed by atoms with Crippen molar-refractivity contribution < 1.29 is 24.2 Å². The number of Topliss-reactive ketones (excluding diaryl/α,β-unsaturated/α-hetero) is 1. The number of carbonyl (C=O) groups is 2. The lowest BCUT2D eigenvalue weighted by molar-refractivity contribution is -0.139. The first-order valence-electron chi connectivity index (χ1n) is 12.0. The second kappa shape index (κ2) is 9.85. The average Bonchev–Trinajstić information content (AvgIpc) is 3.44. The van der Waals surface area contributed by atoms with Crippen LogP contribution in [-0.2, 0) is 16.0 Å². The highest BCUT2D eigenvalue weighted by Crippen LogP contribution is 2.40. The van der Waals surface area contributed by atoms with Gasteiger partial charge >= 0.3 is 0 Å². The van der Waals surface area contributed by atoms with Crippen molar-refractivity contribution in [1.29, 1.82) is 0 Å². The molecule has 1 saturated heterocycles. The molecule has 2 N–H and O–H groups in total. The number of rotatable bonds is 7. The molecule has 0 unspecified atom stereocenters. The van der Waals surface area contributed by atoms with Gasteiger partial charge in [0, 0.05) is 29.2 Å². The first kappa shape index (κ1) is 24.2. The maximum absolute atomic E-state index is 13.3. The largest absolute Gasteiger partial charge is 0.507 e. The molecule has 4 aromatic rings. The molecule has 0 aliphatic carbocycles. The molecule has 0 spiro atoms. The Bertz CT molecular complexity index is 1500. The number of hydrogen-bond donors (Lipinski definition) is 2. The number of H-pyrrole nitrogens is 1. The van der Waals surface area contributed by atoms with E-state index in [-0.39, 0.29) is 11.3 Å². The van der Waals surface area contributed by atoms with E-state index in [0.29, 0.717) is 24.3 Å². The highest BCUT2D eigenvalue weighted by molar-refractivity contribution is 6.46. The Labute approximate surface area is 214 Å². The predicted molar refractivity (Wildman–Crippen MR) is 142 cm³/mol. The third-order valence-electron chi connectivity index (χ3n) is 6.89. The summed E-state index contributed by atoms with van der Waals surface area (Å²) in [6.45, 7) is 2.27. The number of carbonyl (C=O) groups excluding carboxylic acids is 2. The van der Waals surface area contributed by atoms with E-state index in [4.69, 9.17) is 9.47 Å². The SMILES string of the molecule is COc1ccc(C(O)=C2C(=O)C(=O)N(CCc3c[nH]c4ccc(OC)cc34)[C@H]2c2ccc(C)cc2)cc1. The van der Waals surface area contributed by atoms with Gasteiger partial charge in [0.2, 0.25) is 0 Å². The number of hydrogen-bond acceptors (Lipinski definition) is 5. The number of nitrogens with one attached hydrogen (secondary N) is 1. The summed E-state index contributed by atoms with van der Waals surface area (Å²) in [5, 5.41) is 12.2. The van der Waals surface area contributed by atoms with Gasteiger partial charge in [-0.1, -0.05) is 29.8 Å². The Kier molecular flexibility index (Phi) is 6.44. The standard InChI is InChI=1S/C30H28N2O5/c1-18-4-6-19(7-5-18)27-26(28(33)20-8-10-22(36-2)11-9-20)29(34)30(35)32(27)15-14-21-17-31-25-13-12-23(37-3)16-24(21)25/h4-13,16-17,27,31,33H,14-15H2,1-3H3/t27-/m0/s1. The Morgan fingerprint density at radius 3 is 2.30 bits per heavy atom. The summed E-state index contributed by atoms with van der Waals surface area (Å²) in [5.41, 5.74) is 4.32. The molecule has 7 heteroatoms. The van der Waals surface area contributed by atoms with Crippen molar-refractivity contribution in [2.24, 2.45) is 0 Å². The molecule has 1 aromatic heterocycles. The van der Waals surface area contributed by atoms with Crippen molar-refractivity contribution in [3.63, 3.8) is 0 Å². The Balaban J connectivity index is 1.54. The Hall–Kier alpha value is -4.52. The van der Waals surface area contributed by atoms with E-state index in [1.54, 1.807) is 43.4 Å². The highest BCUT2D eigenvalue weighted by Gasteiger charge is 2.45. The van der Waals surface area contributed by atoms with Crippen molar-refractivity contribution in [3.8, 4) is 11.5 Å². The van der Waals surface area contributed by atoms with Gasteiger partial charge in [0.05, 0.1) is 25.8 Å². The number of fused-ring (bicyclic) bond motifs is 1. The van der Waals surface area contributed by atoms with Crippen molar-refractivity contribution in [1.82, 2.24) is 9.88 Å². The molecular formula is C30H28N2O5. The maximum atomic E-state index is 13.3. The number of aromatic nitrogens is 1. The number of methoxy groups -OCH3 is 2. The van der Waals surface area contributed by atoms with E-state index in [0.717, 1.165) is 33.3 Å². The highest BCUT2D eigenvalue weighted by atomic mass is 16.5. The first-order valence-corrected chi connectivity index (χ1v) is 12.0. The van der Waals surface area contributed by atoms with Crippen LogP contribution in [0.15, 0.2) is 78.5 Å². The maximum Gasteiger partial charge on any atom is 0.295 e. The van der Waals surface area contributed by atoms with Crippen LogP contribution in [0.3, 0.4) is 0 Å². The van der Waals surface area contributed by atoms with Crippen LogP contribution in [0.25, 0.3) is 16.7 Å². The fourth-order valence-corrected chi connectivity index (χ4v) is 4.84. The van der Waals surface area contributed by atoms with E-state index >= 15 is 0 Å². The number of aryl methyl sites for hydroxylation is 1. The van der Waals surface area contributed by atoms with Crippen molar-refractivity contribution in [2.45, 2.75) is 19.4 Å². The number of nitrogens with zero attached hydrogens (tertiary/aromatic N) is 1. The minimum atomic E-state index is -0.706. The number of aromatic amines is 1. The minimum Gasteiger partial charge on any atom is -0.507 e. The van der Waals surface area contributed by atoms with Gasteiger partial charge in [-0.2, -0.15) is 0 Å². The van der Waals surface area contributed by atoms with E-state index < -0.39 is 17.7 Å². The molecule has 188 valence electrons. The molecule has 1 amide bonds. The molecule has 1 aliphatic rings. The molecule has 5 rings (SSSR count). The summed E-state index contributed by atoms with van der Waals surface area (Å²) in [6, 6.07) is 19.5. The second-order valence-electron chi connectivity index (χ2n) is 9.11. The van der Waals surface area contributed by atoms with Gasteiger partial charge in [-0.05, 0) is 66.9 Å². The van der Waals surface area contributed by atoms with Crippen LogP contribution in [0.5, 0.6) is 11.5 Å². The predicted octanol–water partition coefficient (Wildman–Crippen LogP) is 5.16. The fraction of sp³-hybridized carbons (Fsp3) is 0.200. The first-order chi connectivity index (χ1) is 17.9. The van der Waals surface area contributed by atoms with Crippen molar-refractivity contribution in [3.05, 3.63) is 101 Å². The zero-order valence-corrected chi connectivity index (χ0v) is 20.9. The quantitative estimate of drug-likeness (QED) is 0.210. The molecule has 0 saturated carbocycles. The Morgan fingerprint density at radius 2 is 1.62 bits per heavy atom. The number of benzene rings is 3. The molecular weight excluding hydrogens is 468 g/mol. The summed E-state index contributed by atoms with van der Waals surface area (Å²) < 4.78 is 10.6. The van der Waals surface area contributed by atoms with Gasteiger partial charge < -0.3 is 24.5 Å². The van der Waals surface area contributed by atoms with Crippen LogP contribution in [0, 0.1) is 6.92 Å². The van der Waals surface area contributed by atoms with Gasteiger partial charge in [-0.3, -0.25) is 9.59 Å². The molecule has 2 heterocycles. The number of aliphatic hydroxyl groups excluding tert-OH is 1. The zero-order chi connectivity index (χ0) is 26.1. The monoisotopic (exact) mass is 496 g/mol. The number of aliphatic hydroxyl groups is 1. The van der Waals surface area contributed by atoms with Crippen LogP contribution in [0.1, 0.15) is 28.3 Å². The number of ketones is 1. The number of likely N-dealkylation sites (tertiary alicyclic amines) is 1. The summed E-state index contributed by atoms with van der Waals surface area (Å²) in [4.78, 5) is 31.4. The second-order valence-corrected chi connectivity index (χ2v) is 9.11. The van der Waals surface area contributed by atoms with E-state index in [1.165, 1.54) is 0 Å². The topological polar surface area (TPSA) is 91.9 Å². The summed E-state index contributed by atoms with van der Waals surface area (Å²) in [5.74, 6) is -0.154. The number of ether oxygens (including phenoxy) is 2. The van der Waals surface area contributed by atoms with Crippen LogP contribution < -0.4 is 9.47 Å². The van der Waals surface area contributed by atoms with E-state index in [9.17, 15) is 14.7 Å². The molecule has 1 fully saturated rings. The minimum absolute atomic E-state index is 0.0830. The molecule has 3 aromatic carbocycles. The summed E-state index contributed by atoms with van der Waals surface area (Å²) in [6.07, 6.45) is 2.43. The lowest BCUT2D eigenvalue weighted by Crippen LogP contribution is -2.31. The van der Waals surface area contributed by atoms with Gasteiger partial charge in [-0.25, -0.2) is 0 Å². The van der Waals surface area contributed by atoms with E-state index in [1.807, 2.05) is 55.6 Å². The molecule has 1 aliphatic heterocycles. The summed E-state index contributed by atoms with van der Waals surface area (Å²) in [7, 11) is 3.18. The summed E-state index contributed by atoms with van der Waals surface area (Å²) >= 11 is 0. The van der Waals surface area contributed by atoms with Crippen LogP contribution >= 0.6 is 0 Å². The molecule has 0 bridgehead atoms. The zero-order valence-electron chi connectivity index (χ0n) is 20.9. The van der Waals surface area contributed by atoms with Crippen LogP contribution in [-0.4, -0.2) is 47.4 Å². The molecule has 1 atom stereocenters. The van der Waals surface area contributed by atoms with E-state index in [2.05, 4.69) is 4.98 Å². The van der Waals surface area contributed by atoms with Crippen molar-refractivity contribution in [2.75, 3.05) is 20.8 Å². The van der Waals surface area contributed by atoms with Gasteiger partial charge in [-0.15, -0.1) is 0 Å². The lowest BCUT2D eigenvalue weighted by Gasteiger charge is -2.25. The lowest BCUT2D eigenvalue weighted by atomic mass is 9.94. The van der Waals surface area contributed by atoms with Gasteiger partial charge in [0.1, 0.15) is 17.3 Å². The van der Waals surface area contributed by atoms with Crippen LogP contribution in [0.4, 0.5) is 0 Å². The normalized spacial score (nSPS) is 16.9. The van der Waals surface area contributed by atoms with Crippen LogP contribution in [0.2, 0.25) is 0 Å². The Morgan fingerprint density at radius 1 is 0.946 bits per heavy atom. The number of amides is 1. The fourth-order valence-electron chi connectivity index (χ4n) is 4.84. The third-order valence-corrected chi connectivity index (χ3v) is 6.89. The van der Waals surface area contributed by atoms with Gasteiger partial charge in [0.25, 0.3) is 11.7 Å².